The van der Waals surface area contributed by atoms with Gasteiger partial charge in [0.25, 0.3) is 5.91 Å². The standard InChI is InChI=1S/C23H24FN5O6/c1-26-5-7-28(8-6-26)16-4-3-14(18(24)11-16)13-27(2)23(33)17(12-25)21(31)15-9-19(29(34)35)22(32)20(30)10-15/h3-4,9-11,30-32H,5-8,13H2,1-2H3/b21-17-. The fraction of sp³-hybridized carbons (Fsp3) is 0.304. The second-order valence-electron chi connectivity index (χ2n) is 8.18. The smallest absolute Gasteiger partial charge is 0.315 e. The molecule has 0 aromatic heterocycles. The van der Waals surface area contributed by atoms with Crippen LogP contribution in [-0.2, 0) is 11.3 Å². The summed E-state index contributed by atoms with van der Waals surface area (Å²) >= 11 is 0. The molecule has 1 saturated heterocycles. The Labute approximate surface area is 200 Å². The summed E-state index contributed by atoms with van der Waals surface area (Å²) in [4.78, 5) is 28.1. The highest BCUT2D eigenvalue weighted by molar-refractivity contribution is 6.03. The number of phenolic OH excluding ortho intramolecular Hbond substituents is 2. The number of aromatic hydroxyl groups is 2. The molecule has 2 aromatic carbocycles. The van der Waals surface area contributed by atoms with Crippen molar-refractivity contribution in [2.45, 2.75) is 6.54 Å². The highest BCUT2D eigenvalue weighted by Crippen LogP contribution is 2.38. The van der Waals surface area contributed by atoms with E-state index in [1.54, 1.807) is 12.1 Å². The third-order valence-electron chi connectivity index (χ3n) is 5.76. The van der Waals surface area contributed by atoms with Gasteiger partial charge >= 0.3 is 5.69 Å². The molecule has 0 radical (unpaired) electrons. The lowest BCUT2D eigenvalue weighted by Gasteiger charge is -2.34. The van der Waals surface area contributed by atoms with Gasteiger partial charge in [0.15, 0.2) is 11.3 Å². The number of hydrogen-bond donors (Lipinski definition) is 3. The van der Waals surface area contributed by atoms with E-state index in [9.17, 15) is 39.9 Å². The molecule has 2 aromatic rings. The number of carbonyl (C=O) groups excluding carboxylic acids is 1. The molecule has 0 spiro atoms. The molecule has 0 saturated carbocycles. The maximum Gasteiger partial charge on any atom is 0.315 e. The number of aliphatic hydroxyl groups excluding tert-OH is 1. The van der Waals surface area contributed by atoms with Gasteiger partial charge in [0.2, 0.25) is 5.75 Å². The lowest BCUT2D eigenvalue weighted by molar-refractivity contribution is -0.386. The summed E-state index contributed by atoms with van der Waals surface area (Å²) in [5, 5.41) is 50.3. The van der Waals surface area contributed by atoms with Crippen molar-refractivity contribution in [3.8, 4) is 17.6 Å². The summed E-state index contributed by atoms with van der Waals surface area (Å²) in [6, 6.07) is 7.71. The second-order valence-corrected chi connectivity index (χ2v) is 8.18. The first-order chi connectivity index (χ1) is 16.5. The Hall–Kier alpha value is -4.37. The van der Waals surface area contributed by atoms with Crippen molar-refractivity contribution >= 4 is 23.0 Å². The average Bonchev–Trinajstić information content (AvgIpc) is 2.82. The van der Waals surface area contributed by atoms with Crippen LogP contribution in [0.4, 0.5) is 15.8 Å². The molecule has 1 fully saturated rings. The minimum Gasteiger partial charge on any atom is -0.506 e. The van der Waals surface area contributed by atoms with Crippen molar-refractivity contribution in [2.24, 2.45) is 0 Å². The van der Waals surface area contributed by atoms with E-state index in [1.807, 2.05) is 7.05 Å². The number of nitro benzene ring substituents is 1. The summed E-state index contributed by atoms with van der Waals surface area (Å²) in [7, 11) is 3.32. The number of nitriles is 1. The number of carbonyl (C=O) groups is 1. The number of likely N-dealkylation sites (N-methyl/N-ethyl adjacent to an activating group) is 2. The molecule has 12 heteroatoms. The molecule has 1 aliphatic rings. The van der Waals surface area contributed by atoms with Gasteiger partial charge in [-0.25, -0.2) is 4.39 Å². The largest absolute Gasteiger partial charge is 0.506 e. The maximum atomic E-state index is 14.8. The SMILES string of the molecule is CN1CCN(c2ccc(CN(C)C(=O)/C(C#N)=C(\O)c3cc(O)c(O)c([N+](=O)[O-])c3)c(F)c2)CC1. The number of piperazine rings is 1. The van der Waals surface area contributed by atoms with Crippen LogP contribution in [0.1, 0.15) is 11.1 Å². The number of amides is 1. The normalized spacial score (nSPS) is 14.7. The van der Waals surface area contributed by atoms with Gasteiger partial charge in [-0.2, -0.15) is 5.26 Å². The van der Waals surface area contributed by atoms with E-state index in [-0.39, 0.29) is 12.1 Å². The number of benzene rings is 2. The molecular formula is C23H24FN5O6. The van der Waals surface area contributed by atoms with E-state index in [1.165, 1.54) is 19.2 Å². The zero-order chi connectivity index (χ0) is 25.9. The van der Waals surface area contributed by atoms with Crippen LogP contribution in [0.2, 0.25) is 0 Å². The fourth-order valence-corrected chi connectivity index (χ4v) is 3.67. The number of phenols is 2. The van der Waals surface area contributed by atoms with Crippen LogP contribution in [0.25, 0.3) is 5.76 Å². The third-order valence-corrected chi connectivity index (χ3v) is 5.76. The Morgan fingerprint density at radius 1 is 1.23 bits per heavy atom. The predicted octanol–water partition coefficient (Wildman–Crippen LogP) is 2.35. The molecule has 0 bridgehead atoms. The molecule has 0 atom stereocenters. The van der Waals surface area contributed by atoms with Crippen molar-refractivity contribution in [1.29, 1.82) is 5.26 Å². The number of halogens is 1. The predicted molar refractivity (Wildman–Crippen MR) is 124 cm³/mol. The van der Waals surface area contributed by atoms with Gasteiger partial charge in [-0.15, -0.1) is 0 Å². The number of rotatable bonds is 6. The van der Waals surface area contributed by atoms with E-state index in [0.717, 1.165) is 42.8 Å². The molecule has 1 heterocycles. The topological polar surface area (TPSA) is 154 Å². The van der Waals surface area contributed by atoms with Crippen LogP contribution < -0.4 is 4.90 Å². The van der Waals surface area contributed by atoms with Crippen molar-refractivity contribution < 1.29 is 29.4 Å². The van der Waals surface area contributed by atoms with Crippen LogP contribution in [0, 0.1) is 27.3 Å². The van der Waals surface area contributed by atoms with E-state index in [2.05, 4.69) is 9.80 Å². The quantitative estimate of drug-likeness (QED) is 0.140. The zero-order valence-corrected chi connectivity index (χ0v) is 19.1. The van der Waals surface area contributed by atoms with Crippen LogP contribution in [0.3, 0.4) is 0 Å². The lowest BCUT2D eigenvalue weighted by atomic mass is 10.1. The van der Waals surface area contributed by atoms with Crippen LogP contribution >= 0.6 is 0 Å². The van der Waals surface area contributed by atoms with Crippen molar-refractivity contribution in [1.82, 2.24) is 9.80 Å². The third kappa shape index (κ3) is 5.42. The van der Waals surface area contributed by atoms with Crippen molar-refractivity contribution in [3.63, 3.8) is 0 Å². The molecule has 3 rings (SSSR count). The first-order valence-electron chi connectivity index (χ1n) is 10.5. The van der Waals surface area contributed by atoms with Gasteiger partial charge < -0.3 is 30.0 Å². The highest BCUT2D eigenvalue weighted by Gasteiger charge is 2.26. The number of nitrogens with zero attached hydrogens (tertiary/aromatic N) is 5. The minimum absolute atomic E-state index is 0.188. The Morgan fingerprint density at radius 3 is 2.46 bits per heavy atom. The molecule has 1 amide bonds. The Kier molecular flexibility index (Phi) is 7.41. The van der Waals surface area contributed by atoms with Gasteiger partial charge in [0.05, 0.1) is 4.92 Å². The van der Waals surface area contributed by atoms with E-state index >= 15 is 0 Å². The van der Waals surface area contributed by atoms with Gasteiger partial charge in [0, 0.05) is 62.7 Å². The van der Waals surface area contributed by atoms with Crippen LogP contribution in [0.5, 0.6) is 11.5 Å². The summed E-state index contributed by atoms with van der Waals surface area (Å²) in [5.41, 5.74) is -1.22. The highest BCUT2D eigenvalue weighted by atomic mass is 19.1. The molecule has 35 heavy (non-hydrogen) atoms. The summed E-state index contributed by atoms with van der Waals surface area (Å²) < 4.78 is 14.8. The summed E-state index contributed by atoms with van der Waals surface area (Å²) in [5.74, 6) is -4.38. The second kappa shape index (κ2) is 10.3. The van der Waals surface area contributed by atoms with Gasteiger partial charge in [0.1, 0.15) is 17.6 Å². The molecule has 1 aliphatic heterocycles. The maximum absolute atomic E-state index is 14.8. The molecule has 3 N–H and O–H groups in total. The number of aliphatic hydroxyl groups is 1. The lowest BCUT2D eigenvalue weighted by Crippen LogP contribution is -2.44. The first-order valence-corrected chi connectivity index (χ1v) is 10.5. The Bertz CT molecular complexity index is 1230. The summed E-state index contributed by atoms with van der Waals surface area (Å²) in [6.45, 7) is 3.01. The monoisotopic (exact) mass is 485 g/mol. The molecule has 11 nitrogen and oxygen atoms in total. The van der Waals surface area contributed by atoms with Gasteiger partial charge in [-0.3, -0.25) is 14.9 Å². The number of hydrogen-bond acceptors (Lipinski definition) is 9. The average molecular weight is 485 g/mol. The zero-order valence-electron chi connectivity index (χ0n) is 19.1. The van der Waals surface area contributed by atoms with E-state index in [4.69, 9.17) is 0 Å². The minimum atomic E-state index is -1.02. The molecule has 0 aliphatic carbocycles. The van der Waals surface area contributed by atoms with E-state index < -0.39 is 50.7 Å². The molecule has 0 unspecified atom stereocenters. The fourth-order valence-electron chi connectivity index (χ4n) is 3.67. The van der Waals surface area contributed by atoms with Gasteiger partial charge in [-0.1, -0.05) is 6.07 Å². The summed E-state index contributed by atoms with van der Waals surface area (Å²) in [6.07, 6.45) is 0. The van der Waals surface area contributed by atoms with Crippen LogP contribution in [-0.4, -0.2) is 76.2 Å². The van der Waals surface area contributed by atoms with Crippen molar-refractivity contribution in [2.75, 3.05) is 45.2 Å². The van der Waals surface area contributed by atoms with Crippen molar-refractivity contribution in [3.05, 3.63) is 63.0 Å². The number of anilines is 1. The molecule has 184 valence electrons. The first kappa shape index (κ1) is 25.3. The Balaban J connectivity index is 1.82. The Morgan fingerprint density at radius 2 is 1.89 bits per heavy atom. The van der Waals surface area contributed by atoms with Crippen LogP contribution in [0.15, 0.2) is 35.9 Å². The molecular weight excluding hydrogens is 461 g/mol. The van der Waals surface area contributed by atoms with Gasteiger partial charge in [-0.05, 0) is 25.2 Å². The van der Waals surface area contributed by atoms with E-state index in [0.29, 0.717) is 6.07 Å². The number of nitro groups is 1.